The number of sulfonamides is 1. The van der Waals surface area contributed by atoms with Crippen LogP contribution in [0, 0.1) is 0 Å². The van der Waals surface area contributed by atoms with E-state index in [1.54, 1.807) is 12.1 Å². The van der Waals surface area contributed by atoms with Crippen molar-refractivity contribution in [1.29, 1.82) is 0 Å². The third-order valence-electron chi connectivity index (χ3n) is 3.14. The second-order valence-electron chi connectivity index (χ2n) is 4.82. The lowest BCUT2D eigenvalue weighted by Crippen LogP contribution is -2.22. The summed E-state index contributed by atoms with van der Waals surface area (Å²) in [5.74, 6) is -1.07. The molecule has 22 heavy (non-hydrogen) atoms. The van der Waals surface area contributed by atoms with Crippen LogP contribution in [0.25, 0.3) is 11.1 Å². The number of aromatic carboxylic acids is 1. The molecule has 1 N–H and O–H groups in total. The fourth-order valence-corrected chi connectivity index (χ4v) is 3.09. The van der Waals surface area contributed by atoms with Crippen molar-refractivity contribution in [2.45, 2.75) is 4.90 Å². The summed E-state index contributed by atoms with van der Waals surface area (Å²) in [7, 11) is -0.684. The van der Waals surface area contributed by atoms with E-state index in [0.29, 0.717) is 16.1 Å². The number of nitrogens with zero attached hydrogens (tertiary/aromatic N) is 1. The molecule has 0 bridgehead atoms. The van der Waals surface area contributed by atoms with Crippen molar-refractivity contribution in [3.05, 3.63) is 53.1 Å². The van der Waals surface area contributed by atoms with Crippen molar-refractivity contribution in [3.8, 4) is 11.1 Å². The molecule has 0 amide bonds. The van der Waals surface area contributed by atoms with Gasteiger partial charge in [0.1, 0.15) is 0 Å². The van der Waals surface area contributed by atoms with Gasteiger partial charge in [-0.3, -0.25) is 0 Å². The Hall–Kier alpha value is -1.89. The number of halogens is 1. The second kappa shape index (κ2) is 6.08. The van der Waals surface area contributed by atoms with Crippen LogP contribution in [0.4, 0.5) is 0 Å². The smallest absolute Gasteiger partial charge is 0.335 e. The van der Waals surface area contributed by atoms with Crippen molar-refractivity contribution in [3.63, 3.8) is 0 Å². The van der Waals surface area contributed by atoms with E-state index in [0.717, 1.165) is 4.31 Å². The van der Waals surface area contributed by atoms with Gasteiger partial charge in [-0.1, -0.05) is 23.7 Å². The first-order valence-electron chi connectivity index (χ1n) is 6.29. The minimum atomic E-state index is -3.57. The summed E-state index contributed by atoms with van der Waals surface area (Å²) in [5, 5.41) is 9.41. The number of hydrogen-bond acceptors (Lipinski definition) is 3. The van der Waals surface area contributed by atoms with Crippen LogP contribution in [0.1, 0.15) is 10.4 Å². The van der Waals surface area contributed by atoms with Crippen LogP contribution in [0.2, 0.25) is 5.02 Å². The van der Waals surface area contributed by atoms with E-state index >= 15 is 0 Å². The zero-order chi connectivity index (χ0) is 16.5. The van der Waals surface area contributed by atoms with Gasteiger partial charge in [0, 0.05) is 24.7 Å². The Morgan fingerprint density at radius 3 is 2.41 bits per heavy atom. The Morgan fingerprint density at radius 2 is 1.82 bits per heavy atom. The van der Waals surface area contributed by atoms with E-state index in [2.05, 4.69) is 0 Å². The van der Waals surface area contributed by atoms with Gasteiger partial charge in [-0.25, -0.2) is 17.5 Å². The highest BCUT2D eigenvalue weighted by Crippen LogP contribution is 2.30. The molecule has 0 aliphatic heterocycles. The lowest BCUT2D eigenvalue weighted by atomic mass is 10.0. The third kappa shape index (κ3) is 3.14. The average molecular weight is 340 g/mol. The zero-order valence-corrected chi connectivity index (χ0v) is 13.5. The molecule has 0 saturated carbocycles. The number of rotatable bonds is 4. The Kier molecular flexibility index (Phi) is 4.55. The molecule has 0 aliphatic rings. The van der Waals surface area contributed by atoms with Crippen LogP contribution in [0.15, 0.2) is 47.4 Å². The molecule has 2 aromatic carbocycles. The quantitative estimate of drug-likeness (QED) is 0.929. The maximum atomic E-state index is 12.2. The molecule has 0 aromatic heterocycles. The van der Waals surface area contributed by atoms with Crippen molar-refractivity contribution in [1.82, 2.24) is 4.31 Å². The minimum Gasteiger partial charge on any atom is -0.478 e. The van der Waals surface area contributed by atoms with E-state index < -0.39 is 16.0 Å². The Morgan fingerprint density at radius 1 is 1.14 bits per heavy atom. The van der Waals surface area contributed by atoms with Gasteiger partial charge in [-0.15, -0.1) is 0 Å². The van der Waals surface area contributed by atoms with Crippen molar-refractivity contribution >= 4 is 27.6 Å². The molecular weight excluding hydrogens is 326 g/mol. The molecule has 0 fully saturated rings. The third-order valence-corrected chi connectivity index (χ3v) is 5.28. The molecule has 116 valence electrons. The van der Waals surface area contributed by atoms with Gasteiger partial charge in [-0.2, -0.15) is 0 Å². The molecule has 0 heterocycles. The molecule has 0 radical (unpaired) electrons. The topological polar surface area (TPSA) is 74.7 Å². The molecule has 0 saturated heterocycles. The number of hydrogen-bond donors (Lipinski definition) is 1. The summed E-state index contributed by atoms with van der Waals surface area (Å²) in [4.78, 5) is 11.2. The normalized spacial score (nSPS) is 11.6. The molecule has 7 heteroatoms. The van der Waals surface area contributed by atoms with Crippen LogP contribution in [0.3, 0.4) is 0 Å². The Bertz CT molecular complexity index is 831. The van der Waals surface area contributed by atoms with Crippen LogP contribution in [-0.2, 0) is 10.0 Å². The summed E-state index contributed by atoms with van der Waals surface area (Å²) < 4.78 is 25.5. The van der Waals surface area contributed by atoms with Gasteiger partial charge in [0.25, 0.3) is 0 Å². The summed E-state index contributed by atoms with van der Waals surface area (Å²) in [6.07, 6.45) is 0. The monoisotopic (exact) mass is 339 g/mol. The largest absolute Gasteiger partial charge is 0.478 e. The minimum absolute atomic E-state index is 0.0836. The molecular formula is C15H14ClNO4S. The highest BCUT2D eigenvalue weighted by atomic mass is 35.5. The first kappa shape index (κ1) is 16.5. The molecule has 0 unspecified atom stereocenters. The van der Waals surface area contributed by atoms with Crippen LogP contribution in [-0.4, -0.2) is 37.9 Å². The van der Waals surface area contributed by atoms with Crippen LogP contribution < -0.4 is 0 Å². The Balaban J connectivity index is 2.60. The van der Waals surface area contributed by atoms with Gasteiger partial charge < -0.3 is 5.11 Å². The van der Waals surface area contributed by atoms with Gasteiger partial charge >= 0.3 is 5.97 Å². The van der Waals surface area contributed by atoms with Crippen LogP contribution >= 0.6 is 11.6 Å². The molecule has 0 spiro atoms. The van der Waals surface area contributed by atoms with E-state index in [-0.39, 0.29) is 10.5 Å². The zero-order valence-electron chi connectivity index (χ0n) is 11.9. The molecule has 0 aliphatic carbocycles. The van der Waals surface area contributed by atoms with Gasteiger partial charge in [0.05, 0.1) is 10.5 Å². The van der Waals surface area contributed by atoms with E-state index in [1.807, 2.05) is 0 Å². The standard InChI is InChI=1S/C15H14ClNO4S/c1-17(2)22(20,21)12-5-3-4-10(8-12)13-9-11(15(18)19)6-7-14(13)16/h3-9H,1-2H3,(H,18,19). The number of benzene rings is 2. The lowest BCUT2D eigenvalue weighted by Gasteiger charge is -2.13. The van der Waals surface area contributed by atoms with E-state index in [1.165, 1.54) is 44.4 Å². The number of carbonyl (C=O) groups is 1. The Labute approximate surface area is 133 Å². The van der Waals surface area contributed by atoms with Gasteiger partial charge in [-0.05, 0) is 35.9 Å². The molecule has 0 atom stereocenters. The molecule has 2 rings (SSSR count). The SMILES string of the molecule is CN(C)S(=O)(=O)c1cccc(-c2cc(C(=O)O)ccc2Cl)c1. The van der Waals surface area contributed by atoms with Gasteiger partial charge in [0.2, 0.25) is 10.0 Å². The first-order chi connectivity index (χ1) is 10.2. The predicted molar refractivity (Wildman–Crippen MR) is 84.7 cm³/mol. The summed E-state index contributed by atoms with van der Waals surface area (Å²) in [6.45, 7) is 0. The van der Waals surface area contributed by atoms with Crippen molar-refractivity contribution in [2.24, 2.45) is 0 Å². The fraction of sp³-hybridized carbons (Fsp3) is 0.133. The second-order valence-corrected chi connectivity index (χ2v) is 7.37. The summed E-state index contributed by atoms with van der Waals surface area (Å²) in [5.41, 5.74) is 1.09. The van der Waals surface area contributed by atoms with E-state index in [9.17, 15) is 13.2 Å². The highest BCUT2D eigenvalue weighted by Gasteiger charge is 2.18. The lowest BCUT2D eigenvalue weighted by molar-refractivity contribution is 0.0697. The summed E-state index contributed by atoms with van der Waals surface area (Å²) in [6, 6.07) is 10.5. The fourth-order valence-electron chi connectivity index (χ4n) is 1.91. The first-order valence-corrected chi connectivity index (χ1v) is 8.11. The maximum Gasteiger partial charge on any atom is 0.335 e. The van der Waals surface area contributed by atoms with Gasteiger partial charge in [0.15, 0.2) is 0 Å². The van der Waals surface area contributed by atoms with Crippen molar-refractivity contribution < 1.29 is 18.3 Å². The molecule has 5 nitrogen and oxygen atoms in total. The highest BCUT2D eigenvalue weighted by molar-refractivity contribution is 7.89. The number of carboxylic acids is 1. The predicted octanol–water partition coefficient (Wildman–Crippen LogP) is 2.96. The molecule has 2 aromatic rings. The average Bonchev–Trinajstić information content (AvgIpc) is 2.47. The summed E-state index contributed by atoms with van der Waals surface area (Å²) >= 11 is 6.11. The van der Waals surface area contributed by atoms with Crippen LogP contribution in [0.5, 0.6) is 0 Å². The maximum absolute atomic E-state index is 12.2. The van der Waals surface area contributed by atoms with Crippen molar-refractivity contribution in [2.75, 3.05) is 14.1 Å². The number of carboxylic acid groups (broad SMARTS) is 1. The van der Waals surface area contributed by atoms with E-state index in [4.69, 9.17) is 16.7 Å².